The van der Waals surface area contributed by atoms with Gasteiger partial charge in [0.05, 0.1) is 18.2 Å². The van der Waals surface area contributed by atoms with Gasteiger partial charge in [0.25, 0.3) is 17.7 Å². The first-order chi connectivity index (χ1) is 13.4. The molecule has 2 aromatic rings. The Morgan fingerprint density at radius 1 is 1.00 bits per heavy atom. The van der Waals surface area contributed by atoms with Crippen molar-refractivity contribution in [3.05, 3.63) is 59.7 Å². The summed E-state index contributed by atoms with van der Waals surface area (Å²) < 4.78 is 10.00. The summed E-state index contributed by atoms with van der Waals surface area (Å²) in [6, 6.07) is 11.8. The van der Waals surface area contributed by atoms with Crippen molar-refractivity contribution in [2.24, 2.45) is 0 Å². The second kappa shape index (κ2) is 7.91. The number of hydrogen-bond donors (Lipinski definition) is 1. The molecule has 1 heterocycles. The molecule has 0 unspecified atom stereocenters. The van der Waals surface area contributed by atoms with Crippen molar-refractivity contribution in [1.82, 2.24) is 4.90 Å². The number of carbonyl (C=O) groups excluding carboxylic acids is 4. The number of carbonyl (C=O) groups is 4. The molecule has 3 rings (SSSR count). The SMILES string of the molecule is COc1ccc(NC(=O)COC(=O)[C@@H](C)N2C(=O)c3ccccc3C2=O)cc1. The molecule has 1 N–H and O–H groups in total. The largest absolute Gasteiger partial charge is 0.497 e. The molecule has 0 spiro atoms. The lowest BCUT2D eigenvalue weighted by Crippen LogP contribution is -2.44. The van der Waals surface area contributed by atoms with E-state index in [1.165, 1.54) is 26.2 Å². The molecule has 144 valence electrons. The van der Waals surface area contributed by atoms with Crippen LogP contribution in [-0.2, 0) is 14.3 Å². The summed E-state index contributed by atoms with van der Waals surface area (Å²) in [5.41, 5.74) is 0.990. The van der Waals surface area contributed by atoms with E-state index in [9.17, 15) is 19.2 Å². The fourth-order valence-electron chi connectivity index (χ4n) is 2.79. The van der Waals surface area contributed by atoms with E-state index in [-0.39, 0.29) is 11.1 Å². The van der Waals surface area contributed by atoms with Crippen LogP contribution >= 0.6 is 0 Å². The standard InChI is InChI=1S/C20H18N2O6/c1-12(22-18(24)15-5-3-4-6-16(15)19(22)25)20(26)28-11-17(23)21-13-7-9-14(27-2)10-8-13/h3-10,12H,11H2,1-2H3,(H,21,23)/t12-/m1/s1. The Hall–Kier alpha value is -3.68. The molecule has 28 heavy (non-hydrogen) atoms. The number of methoxy groups -OCH3 is 1. The molecular formula is C20H18N2O6. The maximum Gasteiger partial charge on any atom is 0.329 e. The van der Waals surface area contributed by atoms with Crippen LogP contribution in [0.25, 0.3) is 0 Å². The van der Waals surface area contributed by atoms with Crippen LogP contribution in [0.4, 0.5) is 5.69 Å². The Labute approximate surface area is 161 Å². The minimum Gasteiger partial charge on any atom is -0.497 e. The third kappa shape index (κ3) is 3.71. The van der Waals surface area contributed by atoms with E-state index in [2.05, 4.69) is 5.32 Å². The first kappa shape index (κ1) is 19.1. The van der Waals surface area contributed by atoms with Gasteiger partial charge in [-0.15, -0.1) is 0 Å². The fourth-order valence-corrected chi connectivity index (χ4v) is 2.79. The normalized spacial score (nSPS) is 13.7. The Morgan fingerprint density at radius 2 is 1.57 bits per heavy atom. The number of nitrogens with zero attached hydrogens (tertiary/aromatic N) is 1. The highest BCUT2D eigenvalue weighted by molar-refractivity contribution is 6.22. The van der Waals surface area contributed by atoms with Crippen molar-refractivity contribution in [2.75, 3.05) is 19.0 Å². The topological polar surface area (TPSA) is 102 Å². The van der Waals surface area contributed by atoms with Crippen LogP contribution < -0.4 is 10.1 Å². The van der Waals surface area contributed by atoms with E-state index < -0.39 is 36.3 Å². The number of benzene rings is 2. The smallest absolute Gasteiger partial charge is 0.329 e. The number of ether oxygens (including phenoxy) is 2. The van der Waals surface area contributed by atoms with Crippen LogP contribution in [0, 0.1) is 0 Å². The Kier molecular flexibility index (Phi) is 5.39. The second-order valence-corrected chi connectivity index (χ2v) is 6.09. The van der Waals surface area contributed by atoms with Gasteiger partial charge in [-0.05, 0) is 43.3 Å². The Bertz CT molecular complexity index is 903. The highest BCUT2D eigenvalue weighted by atomic mass is 16.5. The van der Waals surface area contributed by atoms with E-state index in [1.807, 2.05) is 0 Å². The number of fused-ring (bicyclic) bond motifs is 1. The summed E-state index contributed by atoms with van der Waals surface area (Å²) in [4.78, 5) is 49.8. The number of hydrogen-bond acceptors (Lipinski definition) is 6. The van der Waals surface area contributed by atoms with Gasteiger partial charge in [0.1, 0.15) is 11.8 Å². The number of imide groups is 1. The minimum absolute atomic E-state index is 0.240. The van der Waals surface area contributed by atoms with Crippen molar-refractivity contribution >= 4 is 29.4 Å². The van der Waals surface area contributed by atoms with Gasteiger partial charge in [-0.3, -0.25) is 19.3 Å². The van der Waals surface area contributed by atoms with E-state index in [1.54, 1.807) is 36.4 Å². The second-order valence-electron chi connectivity index (χ2n) is 6.09. The average Bonchev–Trinajstić information content (AvgIpc) is 2.97. The number of amides is 3. The molecular weight excluding hydrogens is 364 g/mol. The van der Waals surface area contributed by atoms with Crippen molar-refractivity contribution in [3.63, 3.8) is 0 Å². The van der Waals surface area contributed by atoms with Crippen molar-refractivity contribution in [1.29, 1.82) is 0 Å². The van der Waals surface area contributed by atoms with Crippen molar-refractivity contribution in [2.45, 2.75) is 13.0 Å². The zero-order valence-corrected chi connectivity index (χ0v) is 15.3. The van der Waals surface area contributed by atoms with Gasteiger partial charge in [-0.2, -0.15) is 0 Å². The fraction of sp³-hybridized carbons (Fsp3) is 0.200. The maximum absolute atomic E-state index is 12.4. The highest BCUT2D eigenvalue weighted by Crippen LogP contribution is 2.24. The van der Waals surface area contributed by atoms with E-state index >= 15 is 0 Å². The van der Waals surface area contributed by atoms with Crippen LogP contribution in [0.1, 0.15) is 27.6 Å². The zero-order chi connectivity index (χ0) is 20.3. The van der Waals surface area contributed by atoms with Gasteiger partial charge in [-0.1, -0.05) is 12.1 Å². The van der Waals surface area contributed by atoms with E-state index in [0.29, 0.717) is 11.4 Å². The summed E-state index contributed by atoms with van der Waals surface area (Å²) in [6.45, 7) is 0.837. The first-order valence-corrected chi connectivity index (χ1v) is 8.50. The quantitative estimate of drug-likeness (QED) is 0.604. The predicted octanol–water partition coefficient (Wildman–Crippen LogP) is 1.86. The molecule has 0 aromatic heterocycles. The molecule has 0 bridgehead atoms. The third-order valence-corrected chi connectivity index (χ3v) is 4.27. The number of nitrogens with one attached hydrogen (secondary N) is 1. The number of esters is 1. The van der Waals surface area contributed by atoms with Crippen LogP contribution in [0.15, 0.2) is 48.5 Å². The van der Waals surface area contributed by atoms with Gasteiger partial charge < -0.3 is 14.8 Å². The predicted molar refractivity (Wildman–Crippen MR) is 99.0 cm³/mol. The molecule has 0 fully saturated rings. The molecule has 2 aromatic carbocycles. The number of anilines is 1. The molecule has 1 aliphatic heterocycles. The van der Waals surface area contributed by atoms with Crippen LogP contribution in [-0.4, -0.2) is 48.3 Å². The summed E-state index contributed by atoms with van der Waals surface area (Å²) in [7, 11) is 1.53. The Balaban J connectivity index is 1.56. The van der Waals surface area contributed by atoms with Crippen LogP contribution in [0.5, 0.6) is 5.75 Å². The summed E-state index contributed by atoms with van der Waals surface area (Å²) in [5, 5.41) is 2.57. The van der Waals surface area contributed by atoms with Gasteiger partial charge in [0.2, 0.25) is 0 Å². The summed E-state index contributed by atoms with van der Waals surface area (Å²) >= 11 is 0. The van der Waals surface area contributed by atoms with Crippen molar-refractivity contribution < 1.29 is 28.7 Å². The minimum atomic E-state index is -1.15. The molecule has 0 saturated carbocycles. The van der Waals surface area contributed by atoms with Crippen LogP contribution in [0.3, 0.4) is 0 Å². The van der Waals surface area contributed by atoms with Gasteiger partial charge in [-0.25, -0.2) is 4.79 Å². The molecule has 0 radical (unpaired) electrons. The van der Waals surface area contributed by atoms with Gasteiger partial charge in [0.15, 0.2) is 6.61 Å². The Morgan fingerprint density at radius 3 is 2.11 bits per heavy atom. The molecule has 0 aliphatic carbocycles. The summed E-state index contributed by atoms with van der Waals surface area (Å²) in [6.07, 6.45) is 0. The average molecular weight is 382 g/mol. The molecule has 1 atom stereocenters. The molecule has 8 nitrogen and oxygen atoms in total. The maximum atomic E-state index is 12.4. The highest BCUT2D eigenvalue weighted by Gasteiger charge is 2.41. The lowest BCUT2D eigenvalue weighted by atomic mass is 10.1. The lowest BCUT2D eigenvalue weighted by Gasteiger charge is -2.20. The molecule has 3 amide bonds. The monoisotopic (exact) mass is 382 g/mol. The lowest BCUT2D eigenvalue weighted by molar-refractivity contribution is -0.150. The molecule has 0 saturated heterocycles. The first-order valence-electron chi connectivity index (χ1n) is 8.50. The van der Waals surface area contributed by atoms with Gasteiger partial charge >= 0.3 is 5.97 Å². The molecule has 1 aliphatic rings. The van der Waals surface area contributed by atoms with E-state index in [0.717, 1.165) is 4.90 Å². The third-order valence-electron chi connectivity index (χ3n) is 4.27. The number of rotatable bonds is 6. The van der Waals surface area contributed by atoms with Crippen LogP contribution in [0.2, 0.25) is 0 Å². The molecule has 8 heteroatoms. The van der Waals surface area contributed by atoms with E-state index in [4.69, 9.17) is 9.47 Å². The zero-order valence-electron chi connectivity index (χ0n) is 15.3. The summed E-state index contributed by atoms with van der Waals surface area (Å²) in [5.74, 6) is -1.88. The van der Waals surface area contributed by atoms with Gasteiger partial charge in [0, 0.05) is 5.69 Å². The van der Waals surface area contributed by atoms with Crippen molar-refractivity contribution in [3.8, 4) is 5.75 Å².